The number of amides is 2. The third-order valence-corrected chi connectivity index (χ3v) is 5.12. The largest absolute Gasteiger partial charge is 0.292 e. The maximum absolute atomic E-state index is 12.7. The fourth-order valence-electron chi connectivity index (χ4n) is 3.78. The summed E-state index contributed by atoms with van der Waals surface area (Å²) in [5, 5.41) is 5.07. The van der Waals surface area contributed by atoms with Crippen LogP contribution in [0.2, 0.25) is 0 Å². The number of hydrogen-bond acceptors (Lipinski definition) is 5. The van der Waals surface area contributed by atoms with Crippen molar-refractivity contribution in [3.05, 3.63) is 40.3 Å². The first-order valence-corrected chi connectivity index (χ1v) is 9.78. The van der Waals surface area contributed by atoms with Crippen LogP contribution in [0.1, 0.15) is 44.1 Å². The number of carbonyl (C=O) groups is 2. The van der Waals surface area contributed by atoms with Gasteiger partial charge >= 0.3 is 0 Å². The predicted octanol–water partition coefficient (Wildman–Crippen LogP) is 1.30. The summed E-state index contributed by atoms with van der Waals surface area (Å²) in [6.45, 7) is 7.90. The Bertz CT molecular complexity index is 931. The van der Waals surface area contributed by atoms with Gasteiger partial charge in [-0.15, -0.1) is 0 Å². The topological polar surface area (TPSA) is 96.3 Å². The third-order valence-electron chi connectivity index (χ3n) is 5.12. The number of nitrogens with zero attached hydrogens (tertiary/aromatic N) is 3. The van der Waals surface area contributed by atoms with E-state index >= 15 is 0 Å². The standard InChI is InChI=1S/C20H27N5O3/c1-4-25-20(28)15-10-6-5-9-14(15)16(23-25)18(26)21-22-19(27)17(13(2)3)24-11-7-8-12-24/h5-6,9-10,13,17H,4,7-8,11-12H2,1-3H3,(H,21,26)(H,22,27)/t17-/m1/s1. The molecule has 8 heteroatoms. The summed E-state index contributed by atoms with van der Waals surface area (Å²) >= 11 is 0. The number of hydrogen-bond donors (Lipinski definition) is 2. The molecule has 0 aliphatic carbocycles. The molecule has 1 aliphatic rings. The van der Waals surface area contributed by atoms with Crippen molar-refractivity contribution in [1.82, 2.24) is 25.5 Å². The summed E-state index contributed by atoms with van der Waals surface area (Å²) in [5.74, 6) is -0.662. The van der Waals surface area contributed by atoms with Gasteiger partial charge in [0.1, 0.15) is 0 Å². The van der Waals surface area contributed by atoms with Crippen LogP contribution in [0, 0.1) is 5.92 Å². The summed E-state index contributed by atoms with van der Waals surface area (Å²) in [7, 11) is 0. The molecule has 3 rings (SSSR count). The van der Waals surface area contributed by atoms with Gasteiger partial charge in [-0.25, -0.2) is 4.68 Å². The number of hydrazine groups is 1. The molecule has 1 atom stereocenters. The van der Waals surface area contributed by atoms with Gasteiger partial charge in [0.25, 0.3) is 17.4 Å². The number of likely N-dealkylation sites (tertiary alicyclic amines) is 1. The number of aryl methyl sites for hydroxylation is 1. The number of benzene rings is 1. The minimum atomic E-state index is -0.546. The van der Waals surface area contributed by atoms with E-state index in [2.05, 4.69) is 20.9 Å². The Kier molecular flexibility index (Phi) is 6.08. The Hall–Kier alpha value is -2.74. The van der Waals surface area contributed by atoms with Crippen LogP contribution in [0.4, 0.5) is 0 Å². The molecule has 2 N–H and O–H groups in total. The van der Waals surface area contributed by atoms with E-state index in [1.165, 1.54) is 4.68 Å². The highest BCUT2D eigenvalue weighted by Gasteiger charge is 2.31. The molecule has 28 heavy (non-hydrogen) atoms. The van der Waals surface area contributed by atoms with Crippen LogP contribution in [0.25, 0.3) is 10.8 Å². The molecule has 0 saturated carbocycles. The van der Waals surface area contributed by atoms with Crippen LogP contribution in [0.3, 0.4) is 0 Å². The Labute approximate surface area is 163 Å². The Balaban J connectivity index is 1.80. The van der Waals surface area contributed by atoms with Gasteiger partial charge in [-0.1, -0.05) is 32.0 Å². The van der Waals surface area contributed by atoms with Crippen molar-refractivity contribution in [1.29, 1.82) is 0 Å². The fourth-order valence-corrected chi connectivity index (χ4v) is 3.78. The van der Waals surface area contributed by atoms with Gasteiger partial charge in [-0.05, 0) is 44.8 Å². The van der Waals surface area contributed by atoms with E-state index in [4.69, 9.17) is 0 Å². The lowest BCUT2D eigenvalue weighted by Crippen LogP contribution is -2.54. The van der Waals surface area contributed by atoms with Crippen LogP contribution in [-0.2, 0) is 11.3 Å². The van der Waals surface area contributed by atoms with Crippen molar-refractivity contribution < 1.29 is 9.59 Å². The van der Waals surface area contributed by atoms with Crippen LogP contribution in [-0.4, -0.2) is 45.6 Å². The first-order valence-electron chi connectivity index (χ1n) is 9.78. The van der Waals surface area contributed by atoms with E-state index in [0.717, 1.165) is 25.9 Å². The van der Waals surface area contributed by atoms with Gasteiger partial charge in [0.2, 0.25) is 0 Å². The van der Waals surface area contributed by atoms with E-state index in [-0.39, 0.29) is 29.1 Å². The molecule has 0 bridgehead atoms. The molecular weight excluding hydrogens is 358 g/mol. The lowest BCUT2D eigenvalue weighted by Gasteiger charge is -2.29. The Morgan fingerprint density at radius 3 is 2.36 bits per heavy atom. The summed E-state index contributed by atoms with van der Waals surface area (Å²) in [6.07, 6.45) is 2.16. The average molecular weight is 385 g/mol. The summed E-state index contributed by atoms with van der Waals surface area (Å²) in [6, 6.07) is 6.55. The molecule has 0 spiro atoms. The average Bonchev–Trinajstić information content (AvgIpc) is 3.20. The predicted molar refractivity (Wildman–Crippen MR) is 107 cm³/mol. The van der Waals surface area contributed by atoms with Gasteiger partial charge in [-0.3, -0.25) is 30.1 Å². The van der Waals surface area contributed by atoms with E-state index in [1.807, 2.05) is 13.8 Å². The molecule has 150 valence electrons. The van der Waals surface area contributed by atoms with Crippen molar-refractivity contribution in [2.75, 3.05) is 13.1 Å². The Morgan fingerprint density at radius 1 is 1.11 bits per heavy atom. The van der Waals surface area contributed by atoms with Crippen molar-refractivity contribution in [3.63, 3.8) is 0 Å². The lowest BCUT2D eigenvalue weighted by molar-refractivity contribution is -0.128. The molecule has 1 fully saturated rings. The van der Waals surface area contributed by atoms with Gasteiger partial charge in [0, 0.05) is 11.9 Å². The second-order valence-corrected chi connectivity index (χ2v) is 7.39. The number of fused-ring (bicyclic) bond motifs is 1. The molecule has 2 amide bonds. The zero-order valence-electron chi connectivity index (χ0n) is 16.6. The monoisotopic (exact) mass is 385 g/mol. The van der Waals surface area contributed by atoms with E-state index in [0.29, 0.717) is 17.3 Å². The SMILES string of the molecule is CCn1nc(C(=O)NNC(=O)[C@@H](C(C)C)N2CCCC2)c2ccccc2c1=O. The Morgan fingerprint density at radius 2 is 1.75 bits per heavy atom. The number of nitrogens with one attached hydrogen (secondary N) is 2. The molecule has 8 nitrogen and oxygen atoms in total. The summed E-state index contributed by atoms with van der Waals surface area (Å²) in [4.78, 5) is 40.0. The van der Waals surface area contributed by atoms with Gasteiger partial charge < -0.3 is 0 Å². The smallest absolute Gasteiger partial charge is 0.290 e. The van der Waals surface area contributed by atoms with Crippen LogP contribution in [0.5, 0.6) is 0 Å². The second-order valence-electron chi connectivity index (χ2n) is 7.39. The molecule has 1 saturated heterocycles. The molecule has 1 aliphatic heterocycles. The zero-order valence-corrected chi connectivity index (χ0v) is 16.6. The first-order chi connectivity index (χ1) is 13.4. The summed E-state index contributed by atoms with van der Waals surface area (Å²) in [5.41, 5.74) is 4.89. The number of aromatic nitrogens is 2. The van der Waals surface area contributed by atoms with E-state index in [1.54, 1.807) is 31.2 Å². The molecule has 1 aromatic carbocycles. The quantitative estimate of drug-likeness (QED) is 0.757. The maximum Gasteiger partial charge on any atom is 0.290 e. The first kappa shape index (κ1) is 20.0. The van der Waals surface area contributed by atoms with Gasteiger partial charge in [0.05, 0.1) is 11.4 Å². The molecule has 2 heterocycles. The van der Waals surface area contributed by atoms with Gasteiger partial charge in [-0.2, -0.15) is 5.10 Å². The maximum atomic E-state index is 12.7. The number of rotatable bonds is 5. The van der Waals surface area contributed by atoms with Crippen molar-refractivity contribution in [2.45, 2.75) is 46.2 Å². The van der Waals surface area contributed by atoms with Crippen LogP contribution >= 0.6 is 0 Å². The fraction of sp³-hybridized carbons (Fsp3) is 0.500. The molecule has 0 unspecified atom stereocenters. The third kappa shape index (κ3) is 3.91. The van der Waals surface area contributed by atoms with Crippen molar-refractivity contribution in [3.8, 4) is 0 Å². The lowest BCUT2D eigenvalue weighted by atomic mass is 10.0. The molecule has 2 aromatic rings. The number of carbonyl (C=O) groups excluding carboxylic acids is 2. The van der Waals surface area contributed by atoms with Crippen molar-refractivity contribution in [2.24, 2.45) is 5.92 Å². The molecule has 0 radical (unpaired) electrons. The van der Waals surface area contributed by atoms with Crippen molar-refractivity contribution >= 4 is 22.6 Å². The van der Waals surface area contributed by atoms with E-state index < -0.39 is 5.91 Å². The van der Waals surface area contributed by atoms with Gasteiger partial charge in [0.15, 0.2) is 5.69 Å². The van der Waals surface area contributed by atoms with Crippen LogP contribution in [0.15, 0.2) is 29.1 Å². The highest BCUT2D eigenvalue weighted by molar-refractivity contribution is 6.05. The highest BCUT2D eigenvalue weighted by Crippen LogP contribution is 2.18. The minimum absolute atomic E-state index is 0.111. The second kappa shape index (κ2) is 8.52. The normalized spacial score (nSPS) is 15.7. The zero-order chi connectivity index (χ0) is 20.3. The summed E-state index contributed by atoms with van der Waals surface area (Å²) < 4.78 is 1.25. The minimum Gasteiger partial charge on any atom is -0.292 e. The molecule has 1 aromatic heterocycles. The molecular formula is C20H27N5O3. The van der Waals surface area contributed by atoms with E-state index in [9.17, 15) is 14.4 Å². The highest BCUT2D eigenvalue weighted by atomic mass is 16.2. The van der Waals surface area contributed by atoms with Crippen LogP contribution < -0.4 is 16.4 Å².